The summed E-state index contributed by atoms with van der Waals surface area (Å²) in [5.41, 5.74) is 1.59. The van der Waals surface area contributed by atoms with Crippen LogP contribution in [0.4, 0.5) is 0 Å². The maximum Gasteiger partial charge on any atom is 0.256 e. The van der Waals surface area contributed by atoms with Crippen LogP contribution in [0.25, 0.3) is 10.9 Å². The molecule has 1 aromatic heterocycles. The highest BCUT2D eigenvalue weighted by Gasteiger charge is 2.41. The van der Waals surface area contributed by atoms with Crippen molar-refractivity contribution in [2.24, 2.45) is 0 Å². The van der Waals surface area contributed by atoms with Crippen LogP contribution < -0.4 is 0 Å². The highest BCUT2D eigenvalue weighted by atomic mass is 35.5. The number of ether oxygens (including phenoxy) is 2. The van der Waals surface area contributed by atoms with Crippen molar-refractivity contribution < 1.29 is 14.3 Å². The van der Waals surface area contributed by atoms with Gasteiger partial charge in [-0.15, -0.1) is 0 Å². The van der Waals surface area contributed by atoms with Gasteiger partial charge in [0.2, 0.25) is 0 Å². The SMILES string of the molecule is O=C(c1c[nH]c2ccc(Cl)cc12)N1CCC2(CC1)OCCO2. The van der Waals surface area contributed by atoms with Gasteiger partial charge in [0.25, 0.3) is 5.91 Å². The predicted octanol–water partition coefficient (Wildman–Crippen LogP) is 2.80. The van der Waals surface area contributed by atoms with E-state index >= 15 is 0 Å². The number of benzene rings is 1. The van der Waals surface area contributed by atoms with E-state index in [1.165, 1.54) is 0 Å². The second-order valence-electron chi connectivity index (χ2n) is 5.79. The molecule has 1 amide bonds. The molecule has 1 spiro atoms. The normalized spacial score (nSPS) is 20.9. The fourth-order valence-corrected chi connectivity index (χ4v) is 3.45. The summed E-state index contributed by atoms with van der Waals surface area (Å²) in [4.78, 5) is 17.8. The molecule has 2 fully saturated rings. The maximum absolute atomic E-state index is 12.8. The van der Waals surface area contributed by atoms with Crippen molar-refractivity contribution in [1.82, 2.24) is 9.88 Å². The largest absolute Gasteiger partial charge is 0.360 e. The molecule has 5 nitrogen and oxygen atoms in total. The number of rotatable bonds is 1. The quantitative estimate of drug-likeness (QED) is 0.879. The summed E-state index contributed by atoms with van der Waals surface area (Å²) in [6.45, 7) is 2.59. The monoisotopic (exact) mass is 320 g/mol. The molecule has 0 bridgehead atoms. The predicted molar refractivity (Wildman–Crippen MR) is 83.1 cm³/mol. The molecule has 0 atom stereocenters. The summed E-state index contributed by atoms with van der Waals surface area (Å²) in [7, 11) is 0. The van der Waals surface area contributed by atoms with Crippen molar-refractivity contribution >= 4 is 28.4 Å². The van der Waals surface area contributed by atoms with Crippen LogP contribution >= 0.6 is 11.6 Å². The molecule has 6 heteroatoms. The molecule has 2 aliphatic heterocycles. The Kier molecular flexibility index (Phi) is 3.36. The molecule has 4 rings (SSSR count). The van der Waals surface area contributed by atoms with Crippen LogP contribution in [0, 0.1) is 0 Å². The van der Waals surface area contributed by atoms with E-state index in [1.54, 1.807) is 6.20 Å². The summed E-state index contributed by atoms with van der Waals surface area (Å²) >= 11 is 6.05. The average molecular weight is 321 g/mol. The zero-order valence-electron chi connectivity index (χ0n) is 12.1. The van der Waals surface area contributed by atoms with Crippen molar-refractivity contribution in [3.05, 3.63) is 35.0 Å². The molecule has 0 saturated carbocycles. The van der Waals surface area contributed by atoms with E-state index in [9.17, 15) is 4.79 Å². The van der Waals surface area contributed by atoms with Gasteiger partial charge in [0.1, 0.15) is 0 Å². The second-order valence-corrected chi connectivity index (χ2v) is 6.23. The molecule has 2 aromatic rings. The molecule has 0 aliphatic carbocycles. The topological polar surface area (TPSA) is 54.6 Å². The number of aromatic amines is 1. The Hall–Kier alpha value is -1.56. The van der Waals surface area contributed by atoms with Gasteiger partial charge in [0, 0.05) is 48.1 Å². The first-order chi connectivity index (χ1) is 10.7. The fraction of sp³-hybridized carbons (Fsp3) is 0.438. The van der Waals surface area contributed by atoms with Crippen molar-refractivity contribution in [3.63, 3.8) is 0 Å². The highest BCUT2D eigenvalue weighted by molar-refractivity contribution is 6.31. The standard InChI is InChI=1S/C16H17ClN2O3/c17-11-1-2-14-12(9-11)13(10-18-14)15(20)19-5-3-16(4-6-19)21-7-8-22-16/h1-2,9-10,18H,3-8H2. The molecular formula is C16H17ClN2O3. The first kappa shape index (κ1) is 14.1. The lowest BCUT2D eigenvalue weighted by Crippen LogP contribution is -2.47. The third-order valence-electron chi connectivity index (χ3n) is 4.50. The number of nitrogens with zero attached hydrogens (tertiary/aromatic N) is 1. The molecule has 2 aliphatic rings. The molecule has 0 radical (unpaired) electrons. The minimum Gasteiger partial charge on any atom is -0.360 e. The molecule has 1 aromatic carbocycles. The lowest BCUT2D eigenvalue weighted by molar-refractivity contribution is -0.181. The number of likely N-dealkylation sites (tertiary alicyclic amines) is 1. The van der Waals surface area contributed by atoms with Gasteiger partial charge in [-0.25, -0.2) is 0 Å². The van der Waals surface area contributed by atoms with Gasteiger partial charge in [-0.2, -0.15) is 0 Å². The van der Waals surface area contributed by atoms with Gasteiger partial charge in [-0.3, -0.25) is 4.79 Å². The van der Waals surface area contributed by atoms with E-state index in [0.717, 1.165) is 23.7 Å². The van der Waals surface area contributed by atoms with Crippen LogP contribution in [0.15, 0.2) is 24.4 Å². The average Bonchev–Trinajstić information content (AvgIpc) is 3.14. The molecule has 22 heavy (non-hydrogen) atoms. The number of aromatic nitrogens is 1. The molecular weight excluding hydrogens is 304 g/mol. The van der Waals surface area contributed by atoms with Crippen LogP contribution in [0.5, 0.6) is 0 Å². The van der Waals surface area contributed by atoms with E-state index in [2.05, 4.69) is 4.98 Å². The second kappa shape index (κ2) is 5.26. The number of hydrogen-bond donors (Lipinski definition) is 1. The number of piperidine rings is 1. The van der Waals surface area contributed by atoms with Gasteiger partial charge >= 0.3 is 0 Å². The molecule has 3 heterocycles. The third-order valence-corrected chi connectivity index (χ3v) is 4.74. The molecule has 0 unspecified atom stereocenters. The highest BCUT2D eigenvalue weighted by Crippen LogP contribution is 2.32. The van der Waals surface area contributed by atoms with E-state index < -0.39 is 5.79 Å². The van der Waals surface area contributed by atoms with E-state index in [-0.39, 0.29) is 5.91 Å². The summed E-state index contributed by atoms with van der Waals surface area (Å²) in [5.74, 6) is -0.429. The number of hydrogen-bond acceptors (Lipinski definition) is 3. The van der Waals surface area contributed by atoms with Crippen LogP contribution in [0.3, 0.4) is 0 Å². The van der Waals surface area contributed by atoms with Crippen LogP contribution in [0.1, 0.15) is 23.2 Å². The minimum absolute atomic E-state index is 0.0290. The molecule has 1 N–H and O–H groups in total. The number of halogens is 1. The van der Waals surface area contributed by atoms with Crippen LogP contribution in [0.2, 0.25) is 5.02 Å². The third kappa shape index (κ3) is 2.29. The Morgan fingerprint density at radius 1 is 1.23 bits per heavy atom. The van der Waals surface area contributed by atoms with Gasteiger partial charge in [-0.05, 0) is 18.2 Å². The Balaban J connectivity index is 1.55. The minimum atomic E-state index is -0.458. The maximum atomic E-state index is 12.8. The first-order valence-electron chi connectivity index (χ1n) is 7.51. The Labute approximate surface area is 133 Å². The lowest BCUT2D eigenvalue weighted by Gasteiger charge is -2.37. The molecule has 2 saturated heterocycles. The van der Waals surface area contributed by atoms with E-state index in [0.29, 0.717) is 36.9 Å². The van der Waals surface area contributed by atoms with Crippen molar-refractivity contribution in [3.8, 4) is 0 Å². The van der Waals surface area contributed by atoms with Crippen LogP contribution in [-0.2, 0) is 9.47 Å². The molecule has 116 valence electrons. The number of H-pyrrole nitrogens is 1. The Morgan fingerprint density at radius 3 is 2.68 bits per heavy atom. The summed E-state index contributed by atoms with van der Waals surface area (Å²) < 4.78 is 11.4. The number of carbonyl (C=O) groups is 1. The summed E-state index contributed by atoms with van der Waals surface area (Å²) in [6.07, 6.45) is 3.21. The van der Waals surface area contributed by atoms with Gasteiger partial charge < -0.3 is 19.4 Å². The van der Waals surface area contributed by atoms with Crippen molar-refractivity contribution in [1.29, 1.82) is 0 Å². The van der Waals surface area contributed by atoms with Gasteiger partial charge in [0.15, 0.2) is 5.79 Å². The summed E-state index contributed by atoms with van der Waals surface area (Å²) in [6, 6.07) is 5.53. The van der Waals surface area contributed by atoms with E-state index in [4.69, 9.17) is 21.1 Å². The first-order valence-corrected chi connectivity index (χ1v) is 7.89. The number of carbonyl (C=O) groups excluding carboxylic acids is 1. The van der Waals surface area contributed by atoms with E-state index in [1.807, 2.05) is 23.1 Å². The fourth-order valence-electron chi connectivity index (χ4n) is 3.28. The van der Waals surface area contributed by atoms with Gasteiger partial charge in [-0.1, -0.05) is 11.6 Å². The van der Waals surface area contributed by atoms with Crippen LogP contribution in [-0.4, -0.2) is 47.9 Å². The Bertz CT molecular complexity index is 711. The van der Waals surface area contributed by atoms with Crippen molar-refractivity contribution in [2.75, 3.05) is 26.3 Å². The number of amides is 1. The van der Waals surface area contributed by atoms with Crippen molar-refractivity contribution in [2.45, 2.75) is 18.6 Å². The van der Waals surface area contributed by atoms with Gasteiger partial charge in [0.05, 0.1) is 18.8 Å². The smallest absolute Gasteiger partial charge is 0.256 e. The number of nitrogens with one attached hydrogen (secondary N) is 1. The lowest BCUT2D eigenvalue weighted by atomic mass is 10.0. The summed E-state index contributed by atoms with van der Waals surface area (Å²) in [5, 5.41) is 1.50. The number of fused-ring (bicyclic) bond motifs is 1. The zero-order chi connectivity index (χ0) is 15.2. The Morgan fingerprint density at radius 2 is 1.95 bits per heavy atom. The zero-order valence-corrected chi connectivity index (χ0v) is 12.9.